The van der Waals surface area contributed by atoms with Gasteiger partial charge in [0.2, 0.25) is 0 Å². The number of thiocarbonyl (C=S) groups is 1. The zero-order chi connectivity index (χ0) is 19.8. The lowest BCUT2D eigenvalue weighted by molar-refractivity contribution is -0.140. The van der Waals surface area contributed by atoms with E-state index in [4.69, 9.17) is 17.3 Å². The van der Waals surface area contributed by atoms with Crippen LogP contribution in [0.4, 0.5) is 5.69 Å². The SMILES string of the molecule is CCCCN1c2ccc(/C=C3\SC(=S)N(CC(=O)O)C3=O)cc2C2CCCC21. The van der Waals surface area contributed by atoms with Gasteiger partial charge in [-0.25, -0.2) is 0 Å². The Morgan fingerprint density at radius 1 is 1.39 bits per heavy atom. The third kappa shape index (κ3) is 3.46. The van der Waals surface area contributed by atoms with Crippen LogP contribution >= 0.6 is 24.0 Å². The van der Waals surface area contributed by atoms with Crippen LogP contribution in [-0.4, -0.2) is 45.3 Å². The van der Waals surface area contributed by atoms with Gasteiger partial charge < -0.3 is 10.0 Å². The van der Waals surface area contributed by atoms with Gasteiger partial charge in [0.25, 0.3) is 5.91 Å². The molecule has 0 radical (unpaired) electrons. The first-order valence-corrected chi connectivity index (χ1v) is 11.1. The van der Waals surface area contributed by atoms with E-state index < -0.39 is 5.97 Å². The number of hydrogen-bond acceptors (Lipinski definition) is 5. The fourth-order valence-electron chi connectivity index (χ4n) is 4.61. The average molecular weight is 417 g/mol. The van der Waals surface area contributed by atoms with Gasteiger partial charge in [-0.3, -0.25) is 14.5 Å². The van der Waals surface area contributed by atoms with E-state index in [1.807, 2.05) is 6.08 Å². The first-order valence-electron chi connectivity index (χ1n) is 9.87. The molecule has 7 heteroatoms. The van der Waals surface area contributed by atoms with Gasteiger partial charge in [-0.2, -0.15) is 0 Å². The van der Waals surface area contributed by atoms with E-state index in [0.717, 1.165) is 17.0 Å². The molecule has 1 N–H and O–H groups in total. The molecule has 1 aromatic carbocycles. The topological polar surface area (TPSA) is 60.9 Å². The number of anilines is 1. The second-order valence-corrected chi connectivity index (χ2v) is 9.31. The summed E-state index contributed by atoms with van der Waals surface area (Å²) >= 11 is 6.36. The fraction of sp³-hybridized carbons (Fsp3) is 0.476. The van der Waals surface area contributed by atoms with Crippen LogP contribution in [-0.2, 0) is 9.59 Å². The second-order valence-electron chi connectivity index (χ2n) is 7.63. The van der Waals surface area contributed by atoms with Crippen molar-refractivity contribution in [2.75, 3.05) is 18.0 Å². The Balaban J connectivity index is 1.61. The number of rotatable bonds is 6. The summed E-state index contributed by atoms with van der Waals surface area (Å²) in [4.78, 5) is 27.7. The maximum atomic E-state index is 12.5. The van der Waals surface area contributed by atoms with Crippen LogP contribution < -0.4 is 4.90 Å². The molecule has 1 aliphatic carbocycles. The number of hydrogen-bond donors (Lipinski definition) is 1. The molecule has 0 aromatic heterocycles. The highest BCUT2D eigenvalue weighted by atomic mass is 32.2. The number of carboxylic acids is 1. The number of thioether (sulfide) groups is 1. The molecular formula is C21H24N2O3S2. The minimum absolute atomic E-state index is 0.307. The number of carbonyl (C=O) groups is 2. The predicted molar refractivity (Wildman–Crippen MR) is 117 cm³/mol. The fourth-order valence-corrected chi connectivity index (χ4v) is 5.87. The van der Waals surface area contributed by atoms with E-state index >= 15 is 0 Å². The van der Waals surface area contributed by atoms with Gasteiger partial charge in [0.1, 0.15) is 10.9 Å². The number of carbonyl (C=O) groups excluding carboxylic acids is 1. The van der Waals surface area contributed by atoms with Crippen molar-refractivity contribution in [2.24, 2.45) is 0 Å². The monoisotopic (exact) mass is 416 g/mol. The molecule has 1 amide bonds. The van der Waals surface area contributed by atoms with E-state index in [1.165, 1.54) is 55.1 Å². The quantitative estimate of drug-likeness (QED) is 0.553. The molecule has 1 saturated carbocycles. The highest BCUT2D eigenvalue weighted by Gasteiger charge is 2.41. The highest BCUT2D eigenvalue weighted by Crippen LogP contribution is 2.49. The van der Waals surface area contributed by atoms with E-state index in [2.05, 4.69) is 30.0 Å². The Labute approximate surface area is 174 Å². The number of carboxylic acid groups (broad SMARTS) is 1. The van der Waals surface area contributed by atoms with Crippen molar-refractivity contribution >= 4 is 51.9 Å². The van der Waals surface area contributed by atoms with Crippen molar-refractivity contribution < 1.29 is 14.7 Å². The summed E-state index contributed by atoms with van der Waals surface area (Å²) in [5, 5.41) is 8.98. The average Bonchev–Trinajstić information content (AvgIpc) is 3.31. The molecule has 2 atom stereocenters. The largest absolute Gasteiger partial charge is 0.480 e. The molecule has 3 aliphatic rings. The Bertz CT molecular complexity index is 867. The Morgan fingerprint density at radius 3 is 2.96 bits per heavy atom. The van der Waals surface area contributed by atoms with E-state index in [-0.39, 0.29) is 12.5 Å². The second kappa shape index (κ2) is 7.87. The van der Waals surface area contributed by atoms with Crippen LogP contribution in [0.15, 0.2) is 23.1 Å². The maximum Gasteiger partial charge on any atom is 0.323 e. The molecule has 5 nitrogen and oxygen atoms in total. The lowest BCUT2D eigenvalue weighted by Gasteiger charge is -2.26. The minimum atomic E-state index is -1.06. The van der Waals surface area contributed by atoms with Crippen molar-refractivity contribution in [2.45, 2.75) is 51.0 Å². The van der Waals surface area contributed by atoms with Gasteiger partial charge in [-0.05, 0) is 48.6 Å². The zero-order valence-electron chi connectivity index (χ0n) is 15.9. The van der Waals surface area contributed by atoms with Crippen LogP contribution in [0.2, 0.25) is 0 Å². The van der Waals surface area contributed by atoms with Gasteiger partial charge in [0.05, 0.1) is 4.91 Å². The van der Waals surface area contributed by atoms with E-state index in [1.54, 1.807) is 0 Å². The zero-order valence-corrected chi connectivity index (χ0v) is 17.5. The van der Waals surface area contributed by atoms with Crippen LogP contribution in [0.25, 0.3) is 6.08 Å². The Morgan fingerprint density at radius 2 is 2.21 bits per heavy atom. The summed E-state index contributed by atoms with van der Waals surface area (Å²) in [5.41, 5.74) is 3.73. The Hall–Kier alpha value is -1.86. The van der Waals surface area contributed by atoms with Gasteiger partial charge in [0, 0.05) is 24.2 Å². The summed E-state index contributed by atoms with van der Waals surface area (Å²) in [6.45, 7) is 2.95. The third-order valence-electron chi connectivity index (χ3n) is 5.86. The third-order valence-corrected chi connectivity index (χ3v) is 7.24. The van der Waals surface area contributed by atoms with Crippen LogP contribution in [0.1, 0.15) is 56.1 Å². The van der Waals surface area contributed by atoms with E-state index in [0.29, 0.717) is 21.2 Å². The first kappa shape index (κ1) is 19.5. The molecule has 0 spiro atoms. The van der Waals surface area contributed by atoms with Crippen molar-refractivity contribution in [1.29, 1.82) is 0 Å². The van der Waals surface area contributed by atoms with Gasteiger partial charge in [-0.15, -0.1) is 0 Å². The van der Waals surface area contributed by atoms with Crippen molar-refractivity contribution in [1.82, 2.24) is 4.90 Å². The lowest BCUT2D eigenvalue weighted by Crippen LogP contribution is -2.33. The molecule has 28 heavy (non-hydrogen) atoms. The van der Waals surface area contributed by atoms with Crippen LogP contribution in [0, 0.1) is 0 Å². The molecule has 1 saturated heterocycles. The molecule has 2 unspecified atom stereocenters. The molecule has 4 rings (SSSR count). The number of benzene rings is 1. The maximum absolute atomic E-state index is 12.5. The minimum Gasteiger partial charge on any atom is -0.480 e. The lowest BCUT2D eigenvalue weighted by atomic mass is 9.96. The number of fused-ring (bicyclic) bond motifs is 3. The highest BCUT2D eigenvalue weighted by molar-refractivity contribution is 8.26. The van der Waals surface area contributed by atoms with Crippen LogP contribution in [0.5, 0.6) is 0 Å². The summed E-state index contributed by atoms with van der Waals surface area (Å²) in [5.74, 6) is -0.794. The van der Waals surface area contributed by atoms with Crippen LogP contribution in [0.3, 0.4) is 0 Å². The van der Waals surface area contributed by atoms with Gasteiger partial charge in [0.15, 0.2) is 0 Å². The molecule has 1 aromatic rings. The molecule has 2 heterocycles. The number of unbranched alkanes of at least 4 members (excludes halogenated alkanes) is 1. The van der Waals surface area contributed by atoms with Gasteiger partial charge >= 0.3 is 5.97 Å². The molecule has 2 aliphatic heterocycles. The molecule has 148 valence electrons. The summed E-state index contributed by atoms with van der Waals surface area (Å²) in [6, 6.07) is 7.08. The van der Waals surface area contributed by atoms with E-state index in [9.17, 15) is 9.59 Å². The molecular weight excluding hydrogens is 392 g/mol. The van der Waals surface area contributed by atoms with Crippen molar-refractivity contribution in [3.05, 3.63) is 34.2 Å². The molecule has 0 bridgehead atoms. The Kier molecular flexibility index (Phi) is 5.47. The normalized spacial score (nSPS) is 25.0. The first-order chi connectivity index (χ1) is 13.5. The summed E-state index contributed by atoms with van der Waals surface area (Å²) in [6.07, 6.45) is 8.00. The predicted octanol–water partition coefficient (Wildman–Crippen LogP) is 4.23. The van der Waals surface area contributed by atoms with Crippen molar-refractivity contribution in [3.8, 4) is 0 Å². The standard InChI is InChI=1S/C21H24N2O3S2/c1-2-3-9-22-16-6-4-5-14(16)15-10-13(7-8-17(15)22)11-18-20(26)23(12-19(24)25)21(27)28-18/h7-8,10-11,14,16H,2-6,9,12H2,1H3,(H,24,25)/b18-11-. The molecule has 2 fully saturated rings. The summed E-state index contributed by atoms with van der Waals surface area (Å²) in [7, 11) is 0. The van der Waals surface area contributed by atoms with Crippen molar-refractivity contribution in [3.63, 3.8) is 0 Å². The smallest absolute Gasteiger partial charge is 0.323 e. The van der Waals surface area contributed by atoms with Gasteiger partial charge in [-0.1, -0.05) is 49.8 Å². The number of amides is 1. The number of aliphatic carboxylic acids is 1. The summed E-state index contributed by atoms with van der Waals surface area (Å²) < 4.78 is 0.307. The number of nitrogens with zero attached hydrogens (tertiary/aromatic N) is 2.